The fourth-order valence-corrected chi connectivity index (χ4v) is 3.87. The van der Waals surface area contributed by atoms with Gasteiger partial charge in [-0.25, -0.2) is 0 Å². The molecule has 0 unspecified atom stereocenters. The van der Waals surface area contributed by atoms with E-state index in [1.165, 1.54) is 19.8 Å². The van der Waals surface area contributed by atoms with E-state index < -0.39 is 0 Å². The van der Waals surface area contributed by atoms with Gasteiger partial charge in [0.2, 0.25) is 5.91 Å². The van der Waals surface area contributed by atoms with E-state index in [9.17, 15) is 9.59 Å². The Morgan fingerprint density at radius 3 is 2.62 bits per heavy atom. The summed E-state index contributed by atoms with van der Waals surface area (Å²) in [4.78, 5) is 24.2. The molecule has 1 fully saturated rings. The van der Waals surface area contributed by atoms with Crippen LogP contribution in [0, 0.1) is 13.8 Å². The van der Waals surface area contributed by atoms with Crippen LogP contribution in [0.4, 0.5) is 0 Å². The van der Waals surface area contributed by atoms with Crippen molar-refractivity contribution in [2.45, 2.75) is 72.0 Å². The average molecular weight is 358 g/mol. The van der Waals surface area contributed by atoms with Crippen LogP contribution in [0.25, 0.3) is 0 Å². The van der Waals surface area contributed by atoms with Gasteiger partial charge >= 0.3 is 0 Å². The van der Waals surface area contributed by atoms with Gasteiger partial charge in [-0.1, -0.05) is 12.8 Å². The Morgan fingerprint density at radius 2 is 2.00 bits per heavy atom. The van der Waals surface area contributed by atoms with Crippen LogP contribution in [0.5, 0.6) is 0 Å². The van der Waals surface area contributed by atoms with Crippen LogP contribution in [0.1, 0.15) is 79.2 Å². The minimum atomic E-state index is -0.241. The van der Waals surface area contributed by atoms with Gasteiger partial charge in [-0.05, 0) is 40.5 Å². The number of hydrogen-bond acceptors (Lipinski definition) is 5. The second kappa shape index (κ2) is 7.39. The maximum absolute atomic E-state index is 12.5. The number of Topliss-reactive ketones (excluding diaryl/α,β-unsaturated/α-hetero) is 1. The smallest absolute Gasteiger partial charge is 0.242 e. The van der Waals surface area contributed by atoms with Gasteiger partial charge in [0.25, 0.3) is 0 Å². The first-order valence-electron chi connectivity index (χ1n) is 9.12. The topological polar surface area (TPSA) is 94.7 Å². The van der Waals surface area contributed by atoms with Crippen molar-refractivity contribution in [3.63, 3.8) is 0 Å². The Labute approximate surface area is 153 Å². The zero-order valence-corrected chi connectivity index (χ0v) is 15.8. The van der Waals surface area contributed by atoms with E-state index in [1.807, 2.05) is 13.8 Å². The maximum atomic E-state index is 12.5. The molecule has 3 rings (SSSR count). The number of rotatable bonds is 6. The molecule has 8 nitrogen and oxygen atoms in total. The number of hydrogen-bond donors (Lipinski definition) is 1. The third-order valence-corrected chi connectivity index (χ3v) is 5.11. The Hall–Kier alpha value is -2.51. The van der Waals surface area contributed by atoms with E-state index >= 15 is 0 Å². The van der Waals surface area contributed by atoms with Crippen LogP contribution in [-0.4, -0.2) is 36.2 Å². The molecule has 0 spiro atoms. The maximum Gasteiger partial charge on any atom is 0.242 e. The van der Waals surface area contributed by atoms with Crippen LogP contribution >= 0.6 is 0 Å². The molecule has 8 heteroatoms. The Morgan fingerprint density at radius 1 is 1.31 bits per heavy atom. The van der Waals surface area contributed by atoms with Gasteiger partial charge < -0.3 is 9.88 Å². The van der Waals surface area contributed by atoms with Crippen molar-refractivity contribution < 1.29 is 9.59 Å². The molecule has 1 amide bonds. The average Bonchev–Trinajstić information content (AvgIpc) is 3.28. The number of nitrogens with zero attached hydrogens (tertiary/aromatic N) is 5. The van der Waals surface area contributed by atoms with Crippen LogP contribution in [0.15, 0.2) is 6.33 Å². The van der Waals surface area contributed by atoms with Crippen molar-refractivity contribution in [1.29, 1.82) is 0 Å². The molecule has 2 heterocycles. The number of aryl methyl sites for hydroxylation is 1. The normalized spacial score (nSPS) is 16.0. The largest absolute Gasteiger partial charge is 0.345 e. The highest BCUT2D eigenvalue weighted by Crippen LogP contribution is 2.31. The van der Waals surface area contributed by atoms with Crippen LogP contribution < -0.4 is 5.32 Å². The van der Waals surface area contributed by atoms with Gasteiger partial charge in [0.15, 0.2) is 11.6 Å². The zero-order valence-electron chi connectivity index (χ0n) is 15.8. The summed E-state index contributed by atoms with van der Waals surface area (Å²) in [6.45, 7) is 7.09. The first-order valence-corrected chi connectivity index (χ1v) is 9.12. The molecule has 1 saturated carbocycles. The highest BCUT2D eigenvalue weighted by Gasteiger charge is 2.24. The highest BCUT2D eigenvalue weighted by atomic mass is 16.2. The third kappa shape index (κ3) is 3.54. The number of carbonyl (C=O) groups excluding carboxylic acids is 2. The van der Waals surface area contributed by atoms with E-state index in [1.54, 1.807) is 17.9 Å². The fourth-order valence-electron chi connectivity index (χ4n) is 3.87. The molecule has 2 aromatic rings. The van der Waals surface area contributed by atoms with Gasteiger partial charge in [-0.3, -0.25) is 14.3 Å². The summed E-state index contributed by atoms with van der Waals surface area (Å²) in [5, 5.41) is 15.5. The molecule has 1 N–H and O–H groups in total. The number of carbonyl (C=O) groups is 2. The molecule has 0 radical (unpaired) electrons. The van der Waals surface area contributed by atoms with Gasteiger partial charge in [-0.15, -0.1) is 10.2 Å². The lowest BCUT2D eigenvalue weighted by Crippen LogP contribution is -2.32. The molecule has 0 aliphatic heterocycles. The minimum Gasteiger partial charge on any atom is -0.345 e. The quantitative estimate of drug-likeness (QED) is 0.800. The Bertz CT molecular complexity index is 816. The molecule has 1 aliphatic carbocycles. The zero-order chi connectivity index (χ0) is 18.8. The van der Waals surface area contributed by atoms with Crippen molar-refractivity contribution in [2.75, 3.05) is 0 Å². The lowest BCUT2D eigenvalue weighted by Gasteiger charge is -2.18. The van der Waals surface area contributed by atoms with Crippen LogP contribution in [0.2, 0.25) is 0 Å². The molecule has 1 aliphatic rings. The standard InChI is InChI=1S/C18H26N6O2/c1-11-17(14(4)25)13(3)24(22-11)9-16(26)20-12(2)18-21-19-10-23(18)15-7-5-6-8-15/h10,12,15H,5-9H2,1-4H3,(H,20,26)/t12-/m0/s1. The van der Waals surface area contributed by atoms with E-state index in [0.717, 1.165) is 18.7 Å². The van der Waals surface area contributed by atoms with Crippen molar-refractivity contribution >= 4 is 11.7 Å². The molecule has 0 bridgehead atoms. The summed E-state index contributed by atoms with van der Waals surface area (Å²) in [7, 11) is 0. The summed E-state index contributed by atoms with van der Waals surface area (Å²) in [6, 6.07) is 0.184. The molecule has 2 aromatic heterocycles. The summed E-state index contributed by atoms with van der Waals surface area (Å²) in [6.07, 6.45) is 6.46. The van der Waals surface area contributed by atoms with Crippen molar-refractivity contribution in [3.8, 4) is 0 Å². The summed E-state index contributed by atoms with van der Waals surface area (Å²) >= 11 is 0. The van der Waals surface area contributed by atoms with Gasteiger partial charge in [-0.2, -0.15) is 5.10 Å². The van der Waals surface area contributed by atoms with E-state index in [4.69, 9.17) is 0 Å². The summed E-state index contributed by atoms with van der Waals surface area (Å²) in [5.41, 5.74) is 1.95. The van der Waals surface area contributed by atoms with Crippen molar-refractivity contribution in [1.82, 2.24) is 29.9 Å². The second-order valence-corrected chi connectivity index (χ2v) is 7.08. The SMILES string of the molecule is CC(=O)c1c(C)nn(CC(=O)N[C@@H](C)c2nncn2C2CCCC2)c1C. The van der Waals surface area contributed by atoms with Crippen LogP contribution in [0.3, 0.4) is 0 Å². The fraction of sp³-hybridized carbons (Fsp3) is 0.611. The number of amides is 1. The van der Waals surface area contributed by atoms with Crippen molar-refractivity contribution in [2.24, 2.45) is 0 Å². The molecule has 1 atom stereocenters. The first kappa shape index (κ1) is 18.3. The molecule has 0 saturated heterocycles. The Balaban J connectivity index is 1.68. The van der Waals surface area contributed by atoms with E-state index in [-0.39, 0.29) is 24.3 Å². The molecule has 140 valence electrons. The minimum absolute atomic E-state index is 0.0373. The van der Waals surface area contributed by atoms with Crippen LogP contribution in [-0.2, 0) is 11.3 Å². The number of aromatic nitrogens is 5. The highest BCUT2D eigenvalue weighted by molar-refractivity contribution is 5.96. The monoisotopic (exact) mass is 358 g/mol. The molecule has 0 aromatic carbocycles. The lowest BCUT2D eigenvalue weighted by atomic mass is 10.1. The summed E-state index contributed by atoms with van der Waals surface area (Å²) in [5.74, 6) is 0.576. The third-order valence-electron chi connectivity index (χ3n) is 5.11. The Kier molecular flexibility index (Phi) is 5.20. The predicted molar refractivity (Wildman–Crippen MR) is 95.8 cm³/mol. The van der Waals surface area contributed by atoms with Gasteiger partial charge in [0.1, 0.15) is 12.9 Å². The molecule has 26 heavy (non-hydrogen) atoms. The van der Waals surface area contributed by atoms with Gasteiger partial charge in [0.05, 0.1) is 17.3 Å². The summed E-state index contributed by atoms with van der Waals surface area (Å²) < 4.78 is 3.67. The molecular weight excluding hydrogens is 332 g/mol. The van der Waals surface area contributed by atoms with Gasteiger partial charge in [0, 0.05) is 11.7 Å². The number of nitrogens with one attached hydrogen (secondary N) is 1. The lowest BCUT2D eigenvalue weighted by molar-refractivity contribution is -0.122. The van der Waals surface area contributed by atoms with E-state index in [2.05, 4.69) is 25.2 Å². The molecular formula is C18H26N6O2. The predicted octanol–water partition coefficient (Wildman–Crippen LogP) is 2.29. The van der Waals surface area contributed by atoms with E-state index in [0.29, 0.717) is 23.0 Å². The number of ketones is 1. The second-order valence-electron chi connectivity index (χ2n) is 7.08. The van der Waals surface area contributed by atoms with Crippen molar-refractivity contribution in [3.05, 3.63) is 29.1 Å². The first-order chi connectivity index (χ1) is 12.4.